The molecule has 5 heteroatoms. The number of ether oxygens (including phenoxy) is 1. The van der Waals surface area contributed by atoms with E-state index in [0.29, 0.717) is 17.1 Å². The summed E-state index contributed by atoms with van der Waals surface area (Å²) in [6, 6.07) is 5.73. The van der Waals surface area contributed by atoms with Crippen molar-refractivity contribution in [1.29, 1.82) is 0 Å². The van der Waals surface area contributed by atoms with Crippen molar-refractivity contribution < 1.29 is 14.0 Å². The maximum atomic E-state index is 6.02. The van der Waals surface area contributed by atoms with Crippen molar-refractivity contribution in [1.82, 2.24) is 0 Å². The minimum absolute atomic E-state index is 0.240. The summed E-state index contributed by atoms with van der Waals surface area (Å²) in [4.78, 5) is 0. The van der Waals surface area contributed by atoms with Gasteiger partial charge in [-0.15, -0.1) is 0 Å². The van der Waals surface area contributed by atoms with Gasteiger partial charge in [0.05, 0.1) is 23.3 Å². The average molecular weight is 283 g/mol. The van der Waals surface area contributed by atoms with Gasteiger partial charge < -0.3 is 14.0 Å². The van der Waals surface area contributed by atoms with Crippen LogP contribution in [0.15, 0.2) is 18.2 Å². The van der Waals surface area contributed by atoms with E-state index < -0.39 is 0 Å². The first-order valence-electron chi connectivity index (χ1n) is 6.43. The van der Waals surface area contributed by atoms with Gasteiger partial charge in [-0.1, -0.05) is 17.7 Å². The highest BCUT2D eigenvalue weighted by Crippen LogP contribution is 2.37. The first kappa shape index (κ1) is 14.7. The number of rotatable bonds is 3. The van der Waals surface area contributed by atoms with Crippen molar-refractivity contribution in [2.24, 2.45) is 0 Å². The third-order valence-electron chi connectivity index (χ3n) is 3.92. The highest BCUT2D eigenvalue weighted by atomic mass is 35.5. The van der Waals surface area contributed by atoms with Gasteiger partial charge in [-0.05, 0) is 45.4 Å². The third-order valence-corrected chi connectivity index (χ3v) is 4.23. The summed E-state index contributed by atoms with van der Waals surface area (Å²) >= 11 is 6.02. The van der Waals surface area contributed by atoms with Crippen molar-refractivity contribution in [3.8, 4) is 5.75 Å². The molecule has 3 nitrogen and oxygen atoms in total. The highest BCUT2D eigenvalue weighted by molar-refractivity contribution is 6.45. The number of benzene rings is 1. The van der Waals surface area contributed by atoms with E-state index in [-0.39, 0.29) is 18.3 Å². The molecule has 0 N–H and O–H groups in total. The van der Waals surface area contributed by atoms with E-state index >= 15 is 0 Å². The van der Waals surface area contributed by atoms with Gasteiger partial charge in [0.25, 0.3) is 0 Å². The SMILES string of the molecule is COc1cc(CB2OC(C)(C)C(C)(C)O2)ccc1Cl. The summed E-state index contributed by atoms with van der Waals surface area (Å²) in [5, 5.41) is 0.611. The molecule has 0 amide bonds. The molecular formula is C14H20BClO3. The van der Waals surface area contributed by atoms with Gasteiger partial charge in [-0.2, -0.15) is 0 Å². The first-order valence-corrected chi connectivity index (χ1v) is 6.81. The molecule has 1 aromatic carbocycles. The Morgan fingerprint density at radius 2 is 1.74 bits per heavy atom. The monoisotopic (exact) mass is 282 g/mol. The Kier molecular flexibility index (Phi) is 3.87. The summed E-state index contributed by atoms with van der Waals surface area (Å²) < 4.78 is 17.2. The van der Waals surface area contributed by atoms with Crippen LogP contribution in [0.1, 0.15) is 33.3 Å². The fraction of sp³-hybridized carbons (Fsp3) is 0.571. The summed E-state index contributed by atoms with van der Waals surface area (Å²) in [6.07, 6.45) is 0.681. The normalized spacial score (nSPS) is 20.6. The zero-order valence-electron chi connectivity index (χ0n) is 12.1. The van der Waals surface area contributed by atoms with Gasteiger partial charge in [-0.25, -0.2) is 0 Å². The van der Waals surface area contributed by atoms with Crippen LogP contribution < -0.4 is 4.74 Å². The predicted octanol–water partition coefficient (Wildman–Crippen LogP) is 3.52. The molecule has 1 aliphatic rings. The van der Waals surface area contributed by atoms with E-state index in [1.165, 1.54) is 0 Å². The van der Waals surface area contributed by atoms with Crippen LogP contribution in [0.3, 0.4) is 0 Å². The largest absolute Gasteiger partial charge is 0.495 e. The Labute approximate surface area is 120 Å². The maximum Gasteiger partial charge on any atom is 0.462 e. The molecule has 19 heavy (non-hydrogen) atoms. The fourth-order valence-electron chi connectivity index (χ4n) is 2.07. The van der Waals surface area contributed by atoms with Crippen LogP contribution in [0.2, 0.25) is 5.02 Å². The van der Waals surface area contributed by atoms with Crippen LogP contribution in [0.5, 0.6) is 5.75 Å². The maximum absolute atomic E-state index is 6.02. The lowest BCUT2D eigenvalue weighted by atomic mass is 9.81. The number of halogens is 1. The number of hydrogen-bond acceptors (Lipinski definition) is 3. The van der Waals surface area contributed by atoms with Gasteiger partial charge in [0.1, 0.15) is 5.75 Å². The minimum atomic E-state index is -0.297. The second-order valence-corrected chi connectivity index (χ2v) is 6.27. The molecule has 2 rings (SSSR count). The van der Waals surface area contributed by atoms with Crippen molar-refractivity contribution >= 4 is 18.7 Å². The second kappa shape index (κ2) is 5.00. The lowest BCUT2D eigenvalue weighted by Gasteiger charge is -2.32. The van der Waals surface area contributed by atoms with E-state index in [2.05, 4.69) is 27.7 Å². The molecule has 1 fully saturated rings. The van der Waals surface area contributed by atoms with Gasteiger partial charge in [0.15, 0.2) is 0 Å². The highest BCUT2D eigenvalue weighted by Gasteiger charge is 2.50. The van der Waals surface area contributed by atoms with Gasteiger partial charge in [0, 0.05) is 6.32 Å². The average Bonchev–Trinajstić information content (AvgIpc) is 2.50. The molecule has 0 aliphatic carbocycles. The zero-order chi connectivity index (χ0) is 14.3. The fourth-order valence-corrected chi connectivity index (χ4v) is 2.27. The second-order valence-electron chi connectivity index (χ2n) is 5.86. The molecule has 1 aromatic rings. The van der Waals surface area contributed by atoms with E-state index in [4.69, 9.17) is 25.6 Å². The zero-order valence-corrected chi connectivity index (χ0v) is 12.9. The molecular weight excluding hydrogens is 262 g/mol. The molecule has 0 atom stereocenters. The van der Waals surface area contributed by atoms with Gasteiger partial charge >= 0.3 is 7.12 Å². The smallest absolute Gasteiger partial charge is 0.462 e. The molecule has 1 heterocycles. The molecule has 104 valence electrons. The summed E-state index contributed by atoms with van der Waals surface area (Å²) in [5.41, 5.74) is 0.488. The van der Waals surface area contributed by atoms with Crippen molar-refractivity contribution in [3.05, 3.63) is 28.8 Å². The Morgan fingerprint density at radius 1 is 1.16 bits per heavy atom. The molecule has 0 unspecified atom stereocenters. The number of hydrogen-bond donors (Lipinski definition) is 0. The van der Waals surface area contributed by atoms with E-state index in [1.54, 1.807) is 7.11 Å². The van der Waals surface area contributed by atoms with Crippen LogP contribution in [0.25, 0.3) is 0 Å². The quantitative estimate of drug-likeness (QED) is 0.794. The van der Waals surface area contributed by atoms with Crippen molar-refractivity contribution in [2.75, 3.05) is 7.11 Å². The minimum Gasteiger partial charge on any atom is -0.495 e. The van der Waals surface area contributed by atoms with Crippen molar-refractivity contribution in [2.45, 2.75) is 45.2 Å². The molecule has 0 bridgehead atoms. The predicted molar refractivity (Wildman–Crippen MR) is 77.8 cm³/mol. The first-order chi connectivity index (χ1) is 8.75. The van der Waals surface area contributed by atoms with E-state index in [1.807, 2.05) is 18.2 Å². The Bertz CT molecular complexity index is 458. The van der Waals surface area contributed by atoms with Crippen LogP contribution in [-0.4, -0.2) is 25.4 Å². The summed E-state index contributed by atoms with van der Waals surface area (Å²) in [7, 11) is 1.37. The van der Waals surface area contributed by atoms with Crippen molar-refractivity contribution in [3.63, 3.8) is 0 Å². The lowest BCUT2D eigenvalue weighted by molar-refractivity contribution is 0.00578. The standard InChI is InChI=1S/C14H20BClO3/c1-13(2)14(3,4)19-15(18-13)9-10-6-7-11(16)12(8-10)17-5/h6-8H,9H2,1-5H3. The summed E-state index contributed by atoms with van der Waals surface area (Å²) in [5.74, 6) is 0.677. The van der Waals surface area contributed by atoms with Gasteiger partial charge in [0.2, 0.25) is 0 Å². The molecule has 1 saturated heterocycles. The van der Waals surface area contributed by atoms with E-state index in [0.717, 1.165) is 5.56 Å². The van der Waals surface area contributed by atoms with Crippen LogP contribution in [-0.2, 0) is 15.6 Å². The lowest BCUT2D eigenvalue weighted by Crippen LogP contribution is -2.41. The van der Waals surface area contributed by atoms with Crippen LogP contribution in [0.4, 0.5) is 0 Å². The molecule has 0 spiro atoms. The Morgan fingerprint density at radius 3 is 2.26 bits per heavy atom. The third kappa shape index (κ3) is 2.91. The van der Waals surface area contributed by atoms with Crippen LogP contribution >= 0.6 is 11.6 Å². The summed E-state index contributed by atoms with van der Waals surface area (Å²) in [6.45, 7) is 8.20. The van der Waals surface area contributed by atoms with E-state index in [9.17, 15) is 0 Å². The van der Waals surface area contributed by atoms with Crippen LogP contribution in [0, 0.1) is 0 Å². The Balaban J connectivity index is 2.11. The number of methoxy groups -OCH3 is 1. The molecule has 0 radical (unpaired) electrons. The molecule has 0 saturated carbocycles. The molecule has 0 aromatic heterocycles. The Hall–Kier alpha value is -0.705. The molecule has 1 aliphatic heterocycles. The van der Waals surface area contributed by atoms with Gasteiger partial charge in [-0.3, -0.25) is 0 Å². The topological polar surface area (TPSA) is 27.7 Å².